The minimum atomic E-state index is -1.45. The highest BCUT2D eigenvalue weighted by atomic mass is 16.7. The molecule has 4 N–H and O–H groups in total. The summed E-state index contributed by atoms with van der Waals surface area (Å²) in [5.41, 5.74) is 0. The Bertz CT molecular complexity index is 578. The zero-order valence-corrected chi connectivity index (χ0v) is 28.0. The lowest BCUT2D eigenvalue weighted by Gasteiger charge is -2.39. The van der Waals surface area contributed by atoms with Crippen molar-refractivity contribution in [2.75, 3.05) is 33.0 Å². The molecule has 0 aliphatic carbocycles. The predicted octanol–water partition coefficient (Wildman–Crippen LogP) is 6.83. The first-order valence-corrected chi connectivity index (χ1v) is 18.2. The van der Waals surface area contributed by atoms with Crippen LogP contribution >= 0.6 is 0 Å². The van der Waals surface area contributed by atoms with Crippen molar-refractivity contribution >= 4 is 0 Å². The highest BCUT2D eigenvalue weighted by Crippen LogP contribution is 2.22. The molecule has 8 heteroatoms. The molecule has 1 rings (SSSR count). The number of aliphatic hydroxyl groups excluding tert-OH is 4. The number of hydrogen-bond acceptors (Lipinski definition) is 8. The third-order valence-electron chi connectivity index (χ3n) is 8.59. The van der Waals surface area contributed by atoms with E-state index in [-0.39, 0.29) is 12.7 Å². The Morgan fingerprint density at radius 1 is 0.535 bits per heavy atom. The molecular weight excluding hydrogens is 548 g/mol. The molecule has 1 heterocycles. The molecule has 258 valence electrons. The Labute approximate surface area is 264 Å². The molecule has 1 fully saturated rings. The average molecular weight is 619 g/mol. The number of rotatable bonds is 31. The van der Waals surface area contributed by atoms with E-state index in [0.29, 0.717) is 19.8 Å². The van der Waals surface area contributed by atoms with E-state index in [0.717, 1.165) is 19.3 Å². The molecule has 1 saturated heterocycles. The largest absolute Gasteiger partial charge is 0.394 e. The molecule has 0 aromatic heterocycles. The molecule has 0 bridgehead atoms. The van der Waals surface area contributed by atoms with Crippen LogP contribution in [0.3, 0.4) is 0 Å². The standard InChI is InChI=1S/C35H70O8/c1-3-5-7-9-11-13-15-16-17-19-21-23-25-40-28-30(41-26-24-22-20-18-14-12-10-8-6-4-2)29-42-35-34(39)33(38)32(37)31(27-36)43-35/h30-39H,3-29H2,1-2H3/t30-,31+,32-,33-,34+,35+/m1/s1. The number of unbranched alkanes of at least 4 members (excludes halogenated alkanes) is 20. The molecule has 1 aliphatic rings. The van der Waals surface area contributed by atoms with Crippen molar-refractivity contribution in [1.29, 1.82) is 0 Å². The minimum absolute atomic E-state index is 0.124. The van der Waals surface area contributed by atoms with Crippen LogP contribution in [-0.4, -0.2) is 90.3 Å². The lowest BCUT2D eigenvalue weighted by Crippen LogP contribution is -2.59. The summed E-state index contributed by atoms with van der Waals surface area (Å²) in [7, 11) is 0. The first-order valence-electron chi connectivity index (χ1n) is 18.2. The van der Waals surface area contributed by atoms with Gasteiger partial charge in [0, 0.05) is 13.2 Å². The van der Waals surface area contributed by atoms with E-state index in [4.69, 9.17) is 18.9 Å². The molecule has 0 amide bonds. The van der Waals surface area contributed by atoms with Gasteiger partial charge in [-0.2, -0.15) is 0 Å². The van der Waals surface area contributed by atoms with Gasteiger partial charge in [-0.1, -0.05) is 142 Å². The first-order chi connectivity index (χ1) is 21.0. The number of hydrogen-bond donors (Lipinski definition) is 4. The van der Waals surface area contributed by atoms with E-state index in [2.05, 4.69) is 13.8 Å². The molecule has 0 radical (unpaired) electrons. The maximum absolute atomic E-state index is 10.3. The Morgan fingerprint density at radius 3 is 1.44 bits per heavy atom. The second-order valence-corrected chi connectivity index (χ2v) is 12.7. The third kappa shape index (κ3) is 21.2. The quantitative estimate of drug-likeness (QED) is 0.0625. The summed E-state index contributed by atoms with van der Waals surface area (Å²) in [4.78, 5) is 0. The van der Waals surface area contributed by atoms with Gasteiger partial charge >= 0.3 is 0 Å². The fraction of sp³-hybridized carbons (Fsp3) is 1.00. The van der Waals surface area contributed by atoms with E-state index in [1.165, 1.54) is 122 Å². The van der Waals surface area contributed by atoms with Crippen molar-refractivity contribution in [2.45, 2.75) is 192 Å². The molecule has 0 saturated carbocycles. The van der Waals surface area contributed by atoms with Crippen molar-refractivity contribution in [1.82, 2.24) is 0 Å². The van der Waals surface area contributed by atoms with Crippen LogP contribution in [0.25, 0.3) is 0 Å². The molecule has 8 nitrogen and oxygen atoms in total. The fourth-order valence-corrected chi connectivity index (χ4v) is 5.65. The van der Waals surface area contributed by atoms with Crippen molar-refractivity contribution in [2.24, 2.45) is 0 Å². The smallest absolute Gasteiger partial charge is 0.186 e. The highest BCUT2D eigenvalue weighted by Gasteiger charge is 2.44. The van der Waals surface area contributed by atoms with Gasteiger partial charge in [-0.3, -0.25) is 0 Å². The van der Waals surface area contributed by atoms with Crippen molar-refractivity contribution in [3.8, 4) is 0 Å². The summed E-state index contributed by atoms with van der Waals surface area (Å²) in [5.74, 6) is 0. The first kappa shape index (κ1) is 40.7. The number of aliphatic hydroxyl groups is 4. The zero-order chi connectivity index (χ0) is 31.4. The lowest BCUT2D eigenvalue weighted by atomic mass is 9.99. The third-order valence-corrected chi connectivity index (χ3v) is 8.59. The van der Waals surface area contributed by atoms with Crippen molar-refractivity contribution < 1.29 is 39.4 Å². The van der Waals surface area contributed by atoms with Gasteiger partial charge in [-0.15, -0.1) is 0 Å². The summed E-state index contributed by atoms with van der Waals surface area (Å²) in [6.07, 6.45) is 21.5. The molecule has 1 aliphatic heterocycles. The zero-order valence-electron chi connectivity index (χ0n) is 28.0. The van der Waals surface area contributed by atoms with Gasteiger partial charge in [0.1, 0.15) is 30.5 Å². The Balaban J connectivity index is 2.26. The van der Waals surface area contributed by atoms with Crippen molar-refractivity contribution in [3.63, 3.8) is 0 Å². The maximum atomic E-state index is 10.3. The minimum Gasteiger partial charge on any atom is -0.394 e. The van der Waals surface area contributed by atoms with E-state index in [1.807, 2.05) is 0 Å². The van der Waals surface area contributed by atoms with E-state index < -0.39 is 37.3 Å². The summed E-state index contributed by atoms with van der Waals surface area (Å²) in [5, 5.41) is 39.8. The molecule has 43 heavy (non-hydrogen) atoms. The van der Waals surface area contributed by atoms with Gasteiger partial charge in [0.15, 0.2) is 6.29 Å². The van der Waals surface area contributed by atoms with Gasteiger partial charge in [0.25, 0.3) is 0 Å². The van der Waals surface area contributed by atoms with Gasteiger partial charge in [0.2, 0.25) is 0 Å². The van der Waals surface area contributed by atoms with E-state index >= 15 is 0 Å². The van der Waals surface area contributed by atoms with Crippen LogP contribution in [0, 0.1) is 0 Å². The fourth-order valence-electron chi connectivity index (χ4n) is 5.65. The monoisotopic (exact) mass is 619 g/mol. The van der Waals surface area contributed by atoms with E-state index in [9.17, 15) is 20.4 Å². The normalized spacial score (nSPS) is 23.2. The van der Waals surface area contributed by atoms with Crippen LogP contribution in [0.2, 0.25) is 0 Å². The summed E-state index contributed by atoms with van der Waals surface area (Å²) in [6, 6.07) is 0. The molecular formula is C35H70O8. The molecule has 0 aromatic rings. The van der Waals surface area contributed by atoms with Crippen LogP contribution in [0.1, 0.15) is 155 Å². The molecule has 6 atom stereocenters. The highest BCUT2D eigenvalue weighted by molar-refractivity contribution is 4.89. The molecule has 0 unspecified atom stereocenters. The Morgan fingerprint density at radius 2 is 0.977 bits per heavy atom. The summed E-state index contributed by atoms with van der Waals surface area (Å²) in [6.45, 7) is 5.83. The Kier molecular flexibility index (Phi) is 27.6. The summed E-state index contributed by atoms with van der Waals surface area (Å²) < 4.78 is 23.3. The second kappa shape index (κ2) is 29.1. The van der Waals surface area contributed by atoms with Gasteiger partial charge in [-0.05, 0) is 12.8 Å². The summed E-state index contributed by atoms with van der Waals surface area (Å²) >= 11 is 0. The lowest BCUT2D eigenvalue weighted by molar-refractivity contribution is -0.306. The van der Waals surface area contributed by atoms with Gasteiger partial charge in [0.05, 0.1) is 19.8 Å². The Hall–Kier alpha value is -0.320. The number of ether oxygens (including phenoxy) is 4. The second-order valence-electron chi connectivity index (χ2n) is 12.7. The van der Waals surface area contributed by atoms with Crippen LogP contribution < -0.4 is 0 Å². The van der Waals surface area contributed by atoms with Crippen LogP contribution in [-0.2, 0) is 18.9 Å². The van der Waals surface area contributed by atoms with Crippen LogP contribution in [0.5, 0.6) is 0 Å². The molecule has 0 aromatic carbocycles. The van der Waals surface area contributed by atoms with Crippen molar-refractivity contribution in [3.05, 3.63) is 0 Å². The maximum Gasteiger partial charge on any atom is 0.186 e. The van der Waals surface area contributed by atoms with E-state index in [1.54, 1.807) is 0 Å². The van der Waals surface area contributed by atoms with Gasteiger partial charge < -0.3 is 39.4 Å². The topological polar surface area (TPSA) is 118 Å². The van der Waals surface area contributed by atoms with Gasteiger partial charge in [-0.25, -0.2) is 0 Å². The molecule has 0 spiro atoms. The van der Waals surface area contributed by atoms with Crippen LogP contribution in [0.4, 0.5) is 0 Å². The van der Waals surface area contributed by atoms with Crippen LogP contribution in [0.15, 0.2) is 0 Å². The predicted molar refractivity (Wildman–Crippen MR) is 173 cm³/mol. The average Bonchev–Trinajstić information content (AvgIpc) is 3.01. The SMILES string of the molecule is CCCCCCCCCCCCCCOC[C@H](CO[C@H]1O[C@@H](CO)[C@@H](O)[C@@H](O)[C@@H]1O)OCCCCCCCCCCCC.